The topological polar surface area (TPSA) is 22.1 Å². The summed E-state index contributed by atoms with van der Waals surface area (Å²) in [5.41, 5.74) is 1.27. The van der Waals surface area contributed by atoms with Gasteiger partial charge in [-0.3, -0.25) is 0 Å². The molecule has 2 nitrogen and oxygen atoms in total. The average Bonchev–Trinajstić information content (AvgIpc) is 2.64. The fourth-order valence-corrected chi connectivity index (χ4v) is 2.43. The van der Waals surface area contributed by atoms with Gasteiger partial charge in [0.15, 0.2) is 0 Å². The van der Waals surface area contributed by atoms with E-state index in [0.29, 0.717) is 11.1 Å². The van der Waals surface area contributed by atoms with Gasteiger partial charge in [0.1, 0.15) is 10.4 Å². The van der Waals surface area contributed by atoms with Gasteiger partial charge in [-0.05, 0) is 39.5 Å². The van der Waals surface area contributed by atoms with Gasteiger partial charge in [-0.25, -0.2) is 0 Å². The molecule has 0 fully saturated rings. The molecule has 0 unspecified atom stereocenters. The summed E-state index contributed by atoms with van der Waals surface area (Å²) < 4.78 is 6.48. The Labute approximate surface area is 107 Å². The first-order valence-corrected chi connectivity index (χ1v) is 6.71. The molecule has 0 N–H and O–H groups in total. The Bertz CT molecular complexity index is 481. The minimum absolute atomic E-state index is 0.506. The summed E-state index contributed by atoms with van der Waals surface area (Å²) in [6.07, 6.45) is 0. The van der Waals surface area contributed by atoms with Gasteiger partial charge in [0.05, 0.1) is 0 Å². The van der Waals surface area contributed by atoms with Crippen molar-refractivity contribution in [1.82, 2.24) is 4.98 Å². The van der Waals surface area contributed by atoms with E-state index < -0.39 is 0 Å². The second kappa shape index (κ2) is 4.97. The van der Waals surface area contributed by atoms with Crippen molar-refractivity contribution in [2.75, 3.05) is 0 Å². The van der Waals surface area contributed by atoms with Crippen molar-refractivity contribution < 1.29 is 4.74 Å². The maximum absolute atomic E-state index is 5.67. The van der Waals surface area contributed by atoms with E-state index in [1.807, 2.05) is 17.5 Å². The van der Waals surface area contributed by atoms with Gasteiger partial charge < -0.3 is 4.74 Å². The molecule has 2 aromatic rings. The Morgan fingerprint density at radius 3 is 2.81 bits per heavy atom. The molecule has 0 saturated heterocycles. The van der Waals surface area contributed by atoms with Gasteiger partial charge >= 0.3 is 0 Å². The fourth-order valence-electron chi connectivity index (χ4n) is 1.32. The third kappa shape index (κ3) is 2.83. The van der Waals surface area contributed by atoms with Crippen LogP contribution in [0.4, 0.5) is 0 Å². The third-order valence-corrected chi connectivity index (χ3v) is 3.61. The molecule has 0 atom stereocenters. The summed E-state index contributed by atoms with van der Waals surface area (Å²) in [7, 11) is 0. The van der Waals surface area contributed by atoms with E-state index in [9.17, 15) is 0 Å². The number of hydrogen-bond donors (Lipinski definition) is 0. The van der Waals surface area contributed by atoms with Crippen LogP contribution in [0.1, 0.15) is 25.3 Å². The highest BCUT2D eigenvalue weighted by Crippen LogP contribution is 2.28. The van der Waals surface area contributed by atoms with E-state index >= 15 is 0 Å². The summed E-state index contributed by atoms with van der Waals surface area (Å²) in [6.45, 7) is 4.33. The Hall–Kier alpha value is -0.870. The van der Waals surface area contributed by atoms with Crippen LogP contribution >= 0.6 is 27.3 Å². The predicted octanol–water partition coefficient (Wildman–Crippen LogP) is 4.82. The molecule has 0 bridgehead atoms. The molecular weight excluding hydrogens is 286 g/mol. The molecule has 0 radical (unpaired) electrons. The van der Waals surface area contributed by atoms with Crippen molar-refractivity contribution in [3.63, 3.8) is 0 Å². The van der Waals surface area contributed by atoms with E-state index in [4.69, 9.17) is 4.74 Å². The number of halogens is 1. The van der Waals surface area contributed by atoms with Crippen LogP contribution in [-0.2, 0) is 0 Å². The summed E-state index contributed by atoms with van der Waals surface area (Å²) in [6, 6.07) is 8.11. The summed E-state index contributed by atoms with van der Waals surface area (Å²) in [5, 5.41) is 2.56. The van der Waals surface area contributed by atoms with E-state index in [1.54, 1.807) is 0 Å². The maximum atomic E-state index is 5.67. The summed E-state index contributed by atoms with van der Waals surface area (Å²) >= 11 is 4.78. The number of rotatable bonds is 3. The fraction of sp³-hybridized carbons (Fsp3) is 0.250. The van der Waals surface area contributed by atoms with Crippen LogP contribution in [-0.4, -0.2) is 4.98 Å². The van der Waals surface area contributed by atoms with Gasteiger partial charge in [-0.1, -0.05) is 37.3 Å². The van der Waals surface area contributed by atoms with Crippen LogP contribution in [0.25, 0.3) is 0 Å². The van der Waals surface area contributed by atoms with Crippen molar-refractivity contribution in [2.45, 2.75) is 19.8 Å². The van der Waals surface area contributed by atoms with Crippen LogP contribution in [0.3, 0.4) is 0 Å². The van der Waals surface area contributed by atoms with Crippen LogP contribution < -0.4 is 4.74 Å². The first-order chi connectivity index (χ1) is 7.65. The molecule has 0 aliphatic heterocycles. The number of thiazole rings is 1. The highest BCUT2D eigenvalue weighted by Gasteiger charge is 2.04. The van der Waals surface area contributed by atoms with Crippen LogP contribution in [0.15, 0.2) is 34.2 Å². The SMILES string of the molecule is CC(C)c1cccc(Oc2nc(Br)cs2)c1. The van der Waals surface area contributed by atoms with Gasteiger partial charge in [0.25, 0.3) is 5.19 Å². The van der Waals surface area contributed by atoms with Gasteiger partial charge in [0, 0.05) is 5.38 Å². The molecule has 1 aromatic heterocycles. The number of ether oxygens (including phenoxy) is 1. The molecule has 4 heteroatoms. The Kier molecular flexibility index (Phi) is 3.61. The standard InChI is InChI=1S/C12H12BrNOS/c1-8(2)9-4-3-5-10(6-9)15-12-14-11(13)7-16-12/h3-8H,1-2H3. The van der Waals surface area contributed by atoms with E-state index in [2.05, 4.69) is 46.9 Å². The van der Waals surface area contributed by atoms with Crippen LogP contribution in [0.2, 0.25) is 0 Å². The van der Waals surface area contributed by atoms with E-state index in [-0.39, 0.29) is 0 Å². The molecule has 0 aliphatic rings. The summed E-state index contributed by atoms with van der Waals surface area (Å²) in [5.74, 6) is 1.35. The Morgan fingerprint density at radius 2 is 2.19 bits per heavy atom. The van der Waals surface area contributed by atoms with Crippen LogP contribution in [0, 0.1) is 0 Å². The molecule has 1 aromatic carbocycles. The predicted molar refractivity (Wildman–Crippen MR) is 70.4 cm³/mol. The van der Waals surface area contributed by atoms with Crippen molar-refractivity contribution in [2.24, 2.45) is 0 Å². The Balaban J connectivity index is 2.18. The highest BCUT2D eigenvalue weighted by atomic mass is 79.9. The minimum atomic E-state index is 0.506. The number of nitrogens with zero attached hydrogens (tertiary/aromatic N) is 1. The zero-order valence-corrected chi connectivity index (χ0v) is 11.5. The monoisotopic (exact) mass is 297 g/mol. The average molecular weight is 298 g/mol. The number of benzene rings is 1. The molecule has 1 heterocycles. The third-order valence-electron chi connectivity index (χ3n) is 2.19. The van der Waals surface area contributed by atoms with Gasteiger partial charge in [-0.15, -0.1) is 0 Å². The maximum Gasteiger partial charge on any atom is 0.279 e. The lowest BCUT2D eigenvalue weighted by Crippen LogP contribution is -1.89. The number of hydrogen-bond acceptors (Lipinski definition) is 3. The molecule has 0 spiro atoms. The van der Waals surface area contributed by atoms with Crippen molar-refractivity contribution in [3.05, 3.63) is 39.8 Å². The lowest BCUT2D eigenvalue weighted by Gasteiger charge is -2.07. The smallest absolute Gasteiger partial charge is 0.279 e. The first kappa shape index (κ1) is 11.6. The lowest BCUT2D eigenvalue weighted by atomic mass is 10.0. The van der Waals surface area contributed by atoms with Gasteiger partial charge in [-0.2, -0.15) is 4.98 Å². The Morgan fingerprint density at radius 1 is 1.38 bits per heavy atom. The minimum Gasteiger partial charge on any atom is -0.431 e. The van der Waals surface area contributed by atoms with Crippen molar-refractivity contribution in [3.8, 4) is 10.9 Å². The molecule has 0 aliphatic carbocycles. The van der Waals surface area contributed by atoms with Crippen molar-refractivity contribution >= 4 is 27.3 Å². The highest BCUT2D eigenvalue weighted by molar-refractivity contribution is 9.10. The summed E-state index contributed by atoms with van der Waals surface area (Å²) in [4.78, 5) is 4.19. The molecule has 84 valence electrons. The lowest BCUT2D eigenvalue weighted by molar-refractivity contribution is 0.477. The van der Waals surface area contributed by atoms with Crippen LogP contribution in [0.5, 0.6) is 10.9 Å². The molecule has 2 rings (SSSR count). The van der Waals surface area contributed by atoms with E-state index in [1.165, 1.54) is 16.9 Å². The largest absolute Gasteiger partial charge is 0.431 e. The normalized spacial score (nSPS) is 10.8. The zero-order chi connectivity index (χ0) is 11.5. The molecule has 16 heavy (non-hydrogen) atoms. The zero-order valence-electron chi connectivity index (χ0n) is 9.11. The second-order valence-electron chi connectivity index (χ2n) is 3.77. The van der Waals surface area contributed by atoms with E-state index in [0.717, 1.165) is 10.4 Å². The van der Waals surface area contributed by atoms with Gasteiger partial charge in [0.2, 0.25) is 0 Å². The molecular formula is C12H12BrNOS. The second-order valence-corrected chi connectivity index (χ2v) is 5.40. The molecule has 0 saturated carbocycles. The number of aromatic nitrogens is 1. The quantitative estimate of drug-likeness (QED) is 0.810. The molecule has 0 amide bonds. The first-order valence-electron chi connectivity index (χ1n) is 5.04. The van der Waals surface area contributed by atoms with Crippen molar-refractivity contribution in [1.29, 1.82) is 0 Å².